The summed E-state index contributed by atoms with van der Waals surface area (Å²) < 4.78 is 0. The number of aromatic nitrogens is 1. The van der Waals surface area contributed by atoms with Gasteiger partial charge in [-0.15, -0.1) is 0 Å². The SMILES string of the molecule is Cc1ccc(C(=O)NCCNc2cc(C#N)ccn2)cc1. The summed E-state index contributed by atoms with van der Waals surface area (Å²) in [7, 11) is 0. The Kier molecular flexibility index (Phi) is 4.89. The van der Waals surface area contributed by atoms with Gasteiger partial charge in [-0.05, 0) is 31.2 Å². The zero-order chi connectivity index (χ0) is 15.1. The Morgan fingerprint density at radius 2 is 2.00 bits per heavy atom. The summed E-state index contributed by atoms with van der Waals surface area (Å²) in [6.45, 7) is 3.00. The summed E-state index contributed by atoms with van der Waals surface area (Å²) in [5, 5.41) is 14.7. The molecule has 1 aromatic carbocycles. The van der Waals surface area contributed by atoms with Crippen molar-refractivity contribution < 1.29 is 4.79 Å². The van der Waals surface area contributed by atoms with Crippen molar-refractivity contribution in [3.05, 3.63) is 59.3 Å². The van der Waals surface area contributed by atoms with Gasteiger partial charge in [-0.1, -0.05) is 17.7 Å². The van der Waals surface area contributed by atoms with Gasteiger partial charge in [0.25, 0.3) is 5.91 Å². The first kappa shape index (κ1) is 14.5. The van der Waals surface area contributed by atoms with Crippen molar-refractivity contribution in [1.29, 1.82) is 5.26 Å². The number of nitrogens with zero attached hydrogens (tertiary/aromatic N) is 2. The lowest BCUT2D eigenvalue weighted by molar-refractivity contribution is 0.0955. The van der Waals surface area contributed by atoms with E-state index in [-0.39, 0.29) is 5.91 Å². The molecule has 0 aliphatic heterocycles. The number of nitrogens with one attached hydrogen (secondary N) is 2. The van der Waals surface area contributed by atoms with Gasteiger partial charge in [0.15, 0.2) is 0 Å². The van der Waals surface area contributed by atoms with Crippen LogP contribution in [0.2, 0.25) is 0 Å². The molecular formula is C16H16N4O. The summed E-state index contributed by atoms with van der Waals surface area (Å²) >= 11 is 0. The largest absolute Gasteiger partial charge is 0.368 e. The van der Waals surface area contributed by atoms with Crippen molar-refractivity contribution >= 4 is 11.7 Å². The van der Waals surface area contributed by atoms with Crippen LogP contribution >= 0.6 is 0 Å². The fraction of sp³-hybridized carbons (Fsp3) is 0.188. The Morgan fingerprint density at radius 1 is 1.24 bits per heavy atom. The maximum Gasteiger partial charge on any atom is 0.251 e. The fourth-order valence-electron chi connectivity index (χ4n) is 1.77. The number of carbonyl (C=O) groups is 1. The Balaban J connectivity index is 1.78. The number of aryl methyl sites for hydroxylation is 1. The van der Waals surface area contributed by atoms with Crippen LogP contribution in [0.3, 0.4) is 0 Å². The zero-order valence-corrected chi connectivity index (χ0v) is 11.8. The molecule has 2 rings (SSSR count). The number of hydrogen-bond donors (Lipinski definition) is 2. The van der Waals surface area contributed by atoms with E-state index < -0.39 is 0 Å². The molecular weight excluding hydrogens is 264 g/mol. The maximum absolute atomic E-state index is 11.9. The molecule has 2 N–H and O–H groups in total. The average Bonchev–Trinajstić information content (AvgIpc) is 2.52. The first-order chi connectivity index (χ1) is 10.2. The first-order valence-electron chi connectivity index (χ1n) is 6.64. The van der Waals surface area contributed by atoms with E-state index in [9.17, 15) is 4.79 Å². The second-order valence-corrected chi connectivity index (χ2v) is 4.59. The molecule has 0 fully saturated rings. The molecule has 0 radical (unpaired) electrons. The van der Waals surface area contributed by atoms with E-state index in [0.29, 0.717) is 30.0 Å². The van der Waals surface area contributed by atoms with Crippen LogP contribution in [-0.2, 0) is 0 Å². The van der Waals surface area contributed by atoms with Crippen LogP contribution in [-0.4, -0.2) is 24.0 Å². The smallest absolute Gasteiger partial charge is 0.251 e. The predicted molar refractivity (Wildman–Crippen MR) is 81.0 cm³/mol. The summed E-state index contributed by atoms with van der Waals surface area (Å²) in [4.78, 5) is 16.0. The second kappa shape index (κ2) is 7.06. The van der Waals surface area contributed by atoms with Crippen LogP contribution in [0.15, 0.2) is 42.6 Å². The van der Waals surface area contributed by atoms with E-state index in [2.05, 4.69) is 21.7 Å². The van der Waals surface area contributed by atoms with Gasteiger partial charge in [0.05, 0.1) is 11.6 Å². The first-order valence-corrected chi connectivity index (χ1v) is 6.64. The number of rotatable bonds is 5. The minimum absolute atomic E-state index is 0.101. The van der Waals surface area contributed by atoms with Crippen LogP contribution in [0.5, 0.6) is 0 Å². The van der Waals surface area contributed by atoms with Crippen molar-refractivity contribution in [2.75, 3.05) is 18.4 Å². The number of pyridine rings is 1. The molecule has 5 nitrogen and oxygen atoms in total. The van der Waals surface area contributed by atoms with E-state index in [4.69, 9.17) is 5.26 Å². The van der Waals surface area contributed by atoms with Gasteiger partial charge in [0.1, 0.15) is 5.82 Å². The Bertz CT molecular complexity index is 659. The van der Waals surface area contributed by atoms with Crippen molar-refractivity contribution in [2.24, 2.45) is 0 Å². The molecule has 0 bridgehead atoms. The topological polar surface area (TPSA) is 77.8 Å². The van der Waals surface area contributed by atoms with Gasteiger partial charge >= 0.3 is 0 Å². The molecule has 5 heteroatoms. The second-order valence-electron chi connectivity index (χ2n) is 4.59. The van der Waals surface area contributed by atoms with Crippen molar-refractivity contribution in [1.82, 2.24) is 10.3 Å². The predicted octanol–water partition coefficient (Wildman–Crippen LogP) is 2.10. The Morgan fingerprint density at radius 3 is 2.71 bits per heavy atom. The third-order valence-corrected chi connectivity index (χ3v) is 2.92. The molecule has 0 atom stereocenters. The van der Waals surface area contributed by atoms with E-state index in [1.54, 1.807) is 30.5 Å². The number of benzene rings is 1. The highest BCUT2D eigenvalue weighted by Crippen LogP contribution is 2.05. The molecule has 0 spiro atoms. The quantitative estimate of drug-likeness (QED) is 0.822. The summed E-state index contributed by atoms with van der Waals surface area (Å²) in [5.41, 5.74) is 2.32. The number of amides is 1. The average molecular weight is 280 g/mol. The Labute approximate surface area is 123 Å². The van der Waals surface area contributed by atoms with E-state index in [0.717, 1.165) is 5.56 Å². The van der Waals surface area contributed by atoms with Gasteiger partial charge in [0.2, 0.25) is 0 Å². The highest BCUT2D eigenvalue weighted by atomic mass is 16.1. The number of carbonyl (C=O) groups excluding carboxylic acids is 1. The minimum Gasteiger partial charge on any atom is -0.368 e. The molecule has 0 aliphatic carbocycles. The van der Waals surface area contributed by atoms with Crippen LogP contribution in [0.25, 0.3) is 0 Å². The highest BCUT2D eigenvalue weighted by Gasteiger charge is 2.03. The summed E-state index contributed by atoms with van der Waals surface area (Å²) in [5.74, 6) is 0.522. The zero-order valence-electron chi connectivity index (χ0n) is 11.8. The van der Waals surface area contributed by atoms with Gasteiger partial charge in [0, 0.05) is 24.8 Å². The van der Waals surface area contributed by atoms with Crippen LogP contribution in [0, 0.1) is 18.3 Å². The molecule has 2 aromatic rings. The van der Waals surface area contributed by atoms with E-state index in [1.165, 1.54) is 0 Å². The Hall–Kier alpha value is -2.87. The third kappa shape index (κ3) is 4.32. The molecule has 0 saturated carbocycles. The standard InChI is InChI=1S/C16H16N4O/c1-12-2-4-14(5-3-12)16(21)20-9-8-19-15-10-13(11-17)6-7-18-15/h2-7,10H,8-9H2,1H3,(H,18,19)(H,20,21). The van der Waals surface area contributed by atoms with E-state index >= 15 is 0 Å². The molecule has 1 amide bonds. The molecule has 1 aromatic heterocycles. The van der Waals surface area contributed by atoms with Crippen LogP contribution in [0.1, 0.15) is 21.5 Å². The van der Waals surface area contributed by atoms with Crippen LogP contribution < -0.4 is 10.6 Å². The molecule has 1 heterocycles. The van der Waals surface area contributed by atoms with Crippen LogP contribution in [0.4, 0.5) is 5.82 Å². The molecule has 0 saturated heterocycles. The molecule has 0 unspecified atom stereocenters. The lowest BCUT2D eigenvalue weighted by atomic mass is 10.1. The molecule has 106 valence electrons. The minimum atomic E-state index is -0.101. The lowest BCUT2D eigenvalue weighted by Crippen LogP contribution is -2.28. The van der Waals surface area contributed by atoms with Crippen molar-refractivity contribution in [3.8, 4) is 6.07 Å². The third-order valence-electron chi connectivity index (χ3n) is 2.92. The van der Waals surface area contributed by atoms with Gasteiger partial charge in [-0.3, -0.25) is 4.79 Å². The number of nitriles is 1. The van der Waals surface area contributed by atoms with Crippen molar-refractivity contribution in [3.63, 3.8) is 0 Å². The normalized spacial score (nSPS) is 9.71. The van der Waals surface area contributed by atoms with Crippen molar-refractivity contribution in [2.45, 2.75) is 6.92 Å². The highest BCUT2D eigenvalue weighted by molar-refractivity contribution is 5.94. The molecule has 21 heavy (non-hydrogen) atoms. The number of hydrogen-bond acceptors (Lipinski definition) is 4. The molecule has 0 aliphatic rings. The monoisotopic (exact) mass is 280 g/mol. The van der Waals surface area contributed by atoms with Gasteiger partial charge in [-0.2, -0.15) is 5.26 Å². The summed E-state index contributed by atoms with van der Waals surface area (Å²) in [6.07, 6.45) is 1.58. The van der Waals surface area contributed by atoms with Gasteiger partial charge in [-0.25, -0.2) is 4.98 Å². The van der Waals surface area contributed by atoms with Gasteiger partial charge < -0.3 is 10.6 Å². The fourth-order valence-corrected chi connectivity index (χ4v) is 1.77. The maximum atomic E-state index is 11.9. The number of anilines is 1. The van der Waals surface area contributed by atoms with E-state index in [1.807, 2.05) is 19.1 Å². The summed E-state index contributed by atoms with van der Waals surface area (Å²) in [6, 6.07) is 12.8. The lowest BCUT2D eigenvalue weighted by Gasteiger charge is -2.07.